The van der Waals surface area contributed by atoms with E-state index in [1.165, 1.54) is 72.8 Å². The average Bonchev–Trinajstić information content (AvgIpc) is 1.63. The molecule has 4 heterocycles. The lowest BCUT2D eigenvalue weighted by atomic mass is 9.95. The maximum atomic E-state index is 11.9. The van der Waals surface area contributed by atoms with Crippen LogP contribution in [0, 0.1) is 0 Å². The number of rotatable bonds is 15. The quantitative estimate of drug-likeness (QED) is 0.0525. The van der Waals surface area contributed by atoms with Gasteiger partial charge in [0.2, 0.25) is 0 Å². The van der Waals surface area contributed by atoms with Gasteiger partial charge in [0.15, 0.2) is 0 Å². The van der Waals surface area contributed by atoms with Gasteiger partial charge in [-0.3, -0.25) is 0 Å². The van der Waals surface area contributed by atoms with E-state index in [1.54, 1.807) is 102 Å². The highest BCUT2D eigenvalue weighted by Crippen LogP contribution is 2.36. The number of nitrogens with zero attached hydrogens (tertiary/aromatic N) is 12. The number of hydrogen-bond donors (Lipinski definition) is 6. The Morgan fingerprint density at radius 3 is 0.556 bits per heavy atom. The largest absolute Gasteiger partial charge is 0.478 e. The molecule has 13 rings (SSSR count). The van der Waals surface area contributed by atoms with Crippen molar-refractivity contribution in [3.8, 4) is 101 Å². The number of carbonyl (C=O) groups is 6. The Balaban J connectivity index is 0.979. The van der Waals surface area contributed by atoms with Crippen molar-refractivity contribution in [2.45, 2.75) is 20.0 Å². The second-order valence-electron chi connectivity index (χ2n) is 20.9. The van der Waals surface area contributed by atoms with E-state index in [-0.39, 0.29) is 70.9 Å². The molecule has 0 aliphatic carbocycles. The number of aromatic carboxylic acids is 6. The lowest BCUT2D eigenvalue weighted by Crippen LogP contribution is -2.56. The number of aromatic nitrogens is 12. The van der Waals surface area contributed by atoms with Crippen molar-refractivity contribution in [2.75, 3.05) is 0 Å². The van der Waals surface area contributed by atoms with E-state index in [9.17, 15) is 59.4 Å². The Labute approximate surface area is 507 Å². The number of tetrazole rings is 3. The van der Waals surface area contributed by atoms with Crippen LogP contribution in [-0.2, 0) is 20.0 Å². The molecule has 6 N–H and O–H groups in total. The molecule has 0 radical (unpaired) electrons. The third-order valence-electron chi connectivity index (χ3n) is 15.2. The Kier molecular flexibility index (Phi) is 14.2. The van der Waals surface area contributed by atoms with Crippen LogP contribution in [0.2, 0.25) is 0 Å². The first-order chi connectivity index (χ1) is 43.4. The molecule has 9 aromatic carbocycles. The minimum atomic E-state index is -1.09. The van der Waals surface area contributed by atoms with Gasteiger partial charge < -0.3 is 30.6 Å². The molecule has 12 aromatic rings. The molecule has 0 saturated carbocycles. The predicted molar refractivity (Wildman–Crippen MR) is 318 cm³/mol. The fourth-order valence-corrected chi connectivity index (χ4v) is 10.4. The van der Waals surface area contributed by atoms with E-state index in [1.807, 2.05) is 54.6 Å². The van der Waals surface area contributed by atoms with Crippen LogP contribution < -0.4 is 14.4 Å². The molecular weight excluding hydrogens is 1150 g/mol. The molecular formula is C66H45N12O12+3. The highest BCUT2D eigenvalue weighted by atomic mass is 16.4. The molecule has 0 fully saturated rings. The lowest BCUT2D eigenvalue weighted by Gasteiger charge is -2.09. The van der Waals surface area contributed by atoms with E-state index >= 15 is 0 Å². The maximum Gasteiger partial charge on any atom is 0.339 e. The zero-order valence-corrected chi connectivity index (χ0v) is 46.7. The topological polar surface area (TPSA) is 328 Å². The van der Waals surface area contributed by atoms with Gasteiger partial charge in [0.25, 0.3) is 20.0 Å². The summed E-state index contributed by atoms with van der Waals surface area (Å²) in [6.45, 7) is -0.319. The molecule has 3 aromatic heterocycles. The molecule has 0 bridgehead atoms. The minimum Gasteiger partial charge on any atom is -0.478 e. The fraction of sp³-hybridized carbons (Fsp3) is 0.0455. The van der Waals surface area contributed by atoms with E-state index in [0.29, 0.717) is 83.5 Å². The normalized spacial score (nSPS) is 11.7. The first-order valence-electron chi connectivity index (χ1n) is 27.5. The van der Waals surface area contributed by atoms with E-state index in [2.05, 4.69) is 0 Å². The molecule has 0 spiro atoms. The van der Waals surface area contributed by atoms with Crippen molar-refractivity contribution in [3.63, 3.8) is 0 Å². The summed E-state index contributed by atoms with van der Waals surface area (Å²) in [6, 6.07) is 55.0. The van der Waals surface area contributed by atoms with Crippen molar-refractivity contribution < 1.29 is 73.8 Å². The molecule has 24 heteroatoms. The van der Waals surface area contributed by atoms with Crippen LogP contribution in [0.1, 0.15) is 62.1 Å². The van der Waals surface area contributed by atoms with Gasteiger partial charge >= 0.3 is 53.3 Å². The summed E-state index contributed by atoms with van der Waals surface area (Å²) in [6.07, 6.45) is 0. The Morgan fingerprint density at radius 2 is 0.400 bits per heavy atom. The zero-order chi connectivity index (χ0) is 62.5. The SMILES string of the molecule is O=C(O)c1ccc(-c2cc(-c3ccc(C(=O)O)cc3)cc(-c3nn4[n+](n3)Cn3nc(-c5cc(-c6ccc(C(=O)O)cc6)cc(-c6ccc(C(=O)O)cc6)c5)n[n+]3Cn3nc(-c5cc(-c6ccc(C(=O)O)cc6)cc(-c6ccc(C(=O)O)cc6)c5)n[n+]3C4)c2)cc1. The number of carboxylic acids is 6. The molecule has 1 aliphatic heterocycles. The third-order valence-corrected chi connectivity index (χ3v) is 15.2. The maximum absolute atomic E-state index is 11.9. The van der Waals surface area contributed by atoms with Crippen LogP contribution in [0.3, 0.4) is 0 Å². The minimum absolute atomic E-state index is 0.0877. The highest BCUT2D eigenvalue weighted by Gasteiger charge is 2.35. The number of carboxylic acid groups (broad SMARTS) is 6. The first-order valence-corrected chi connectivity index (χ1v) is 27.5. The van der Waals surface area contributed by atoms with E-state index in [0.717, 1.165) is 0 Å². The summed E-state index contributed by atoms with van der Waals surface area (Å²) < 4.78 is 0. The molecule has 0 amide bonds. The highest BCUT2D eigenvalue weighted by molar-refractivity contribution is 5.93. The summed E-state index contributed by atoms with van der Waals surface area (Å²) in [5.74, 6) is -5.89. The molecule has 1 aliphatic rings. The van der Waals surface area contributed by atoms with Crippen LogP contribution in [0.15, 0.2) is 200 Å². The average molecular weight is 1200 g/mol. The summed E-state index contributed by atoms with van der Waals surface area (Å²) in [7, 11) is 0. The lowest BCUT2D eigenvalue weighted by molar-refractivity contribution is -0.898. The summed E-state index contributed by atoms with van der Waals surface area (Å²) >= 11 is 0. The third kappa shape index (κ3) is 11.3. The first kappa shape index (κ1) is 56.2. The van der Waals surface area contributed by atoms with E-state index < -0.39 is 35.8 Å². The monoisotopic (exact) mass is 1200 g/mol. The van der Waals surface area contributed by atoms with Gasteiger partial charge in [-0.25, -0.2) is 28.8 Å². The summed E-state index contributed by atoms with van der Waals surface area (Å²) in [4.78, 5) is 80.8. The molecule has 0 saturated heterocycles. The standard InChI is InChI=1S/C66H42N12O12/c79-61(80)43-13-1-37(2-14-43)49-25-50(38-3-15-44(16-4-38)62(81)82)29-55(28-49)58-67-73-34-75-69-59(56-30-51(39-5-17-45(18-6-39)63(83)84)26-52(31-56)40-7-19-46(20-8-40)64(85)86)71-77(75)36-78-72-60(70-76(78)35-74(73)68-58)57-32-53(41-9-21-47(22-10-41)65(87)88)27-54(33-57)42-11-23-48(24-12-42)66(89)90/h1-33H,34-36H2,(H3-3,79,80,81,82,83,84,85,86,87,88,89,90)/p+3. The molecule has 24 nitrogen and oxygen atoms in total. The number of benzene rings is 9. The van der Waals surface area contributed by atoms with Crippen LogP contribution in [-0.4, -0.2) is 111 Å². The summed E-state index contributed by atoms with van der Waals surface area (Å²) in [5.41, 5.74) is 10.1. The van der Waals surface area contributed by atoms with E-state index in [4.69, 9.17) is 30.6 Å². The van der Waals surface area contributed by atoms with Gasteiger partial charge in [0.05, 0.1) is 65.4 Å². The number of hydrogen-bond acceptors (Lipinski definition) is 12. The second-order valence-corrected chi connectivity index (χ2v) is 20.9. The molecule has 438 valence electrons. The van der Waals surface area contributed by atoms with Gasteiger partial charge in [0, 0.05) is 14.4 Å². The molecule has 90 heavy (non-hydrogen) atoms. The van der Waals surface area contributed by atoms with Crippen molar-refractivity contribution in [2.24, 2.45) is 0 Å². The zero-order valence-electron chi connectivity index (χ0n) is 46.7. The van der Waals surface area contributed by atoms with Crippen molar-refractivity contribution in [1.82, 2.24) is 45.0 Å². The van der Waals surface area contributed by atoms with Crippen LogP contribution in [0.5, 0.6) is 0 Å². The molecule has 0 atom stereocenters. The smallest absolute Gasteiger partial charge is 0.339 e. The van der Waals surface area contributed by atoms with Crippen LogP contribution >= 0.6 is 0 Å². The Hall–Kier alpha value is -13.0. The van der Waals surface area contributed by atoms with Gasteiger partial charge in [0.1, 0.15) is 0 Å². The van der Waals surface area contributed by atoms with Crippen LogP contribution in [0.4, 0.5) is 0 Å². The van der Waals surface area contributed by atoms with Gasteiger partial charge in [-0.1, -0.05) is 72.8 Å². The predicted octanol–water partition coefficient (Wildman–Crippen LogP) is 8.35. The molecule has 0 unspecified atom stereocenters. The number of fused-ring (bicyclic) bond motifs is 3. The van der Waals surface area contributed by atoms with Gasteiger partial charge in [-0.15, -0.1) is 0 Å². The van der Waals surface area contributed by atoms with Crippen molar-refractivity contribution >= 4 is 35.8 Å². The Bertz CT molecular complexity index is 4130. The summed E-state index contributed by atoms with van der Waals surface area (Å²) in [5, 5.41) is 88.9. The fourth-order valence-electron chi connectivity index (χ4n) is 10.4. The van der Waals surface area contributed by atoms with Crippen molar-refractivity contribution in [3.05, 3.63) is 234 Å². The van der Waals surface area contributed by atoms with Crippen LogP contribution in [0.25, 0.3) is 101 Å². The van der Waals surface area contributed by atoms with Gasteiger partial charge in [-0.05, 0) is 224 Å². The Morgan fingerprint density at radius 1 is 0.244 bits per heavy atom. The second kappa shape index (κ2) is 22.8. The van der Waals surface area contributed by atoms with Crippen molar-refractivity contribution in [1.29, 1.82) is 0 Å². The van der Waals surface area contributed by atoms with Gasteiger partial charge in [-0.2, -0.15) is 0 Å².